The highest BCUT2D eigenvalue weighted by Gasteiger charge is 2.50. The van der Waals surface area contributed by atoms with E-state index in [9.17, 15) is 65.1 Å². The van der Waals surface area contributed by atoms with E-state index < -0.39 is 160 Å². The molecule has 67 heavy (non-hydrogen) atoms. The Balaban J connectivity index is 1.22. The first-order valence-corrected chi connectivity index (χ1v) is 21.9. The van der Waals surface area contributed by atoms with Crippen molar-refractivity contribution in [2.45, 2.75) is 120 Å². The van der Waals surface area contributed by atoms with Crippen molar-refractivity contribution < 1.29 is 113 Å². The van der Waals surface area contributed by atoms with Crippen molar-refractivity contribution in [2.75, 3.05) is 40.6 Å². The van der Waals surface area contributed by atoms with Gasteiger partial charge in [0.25, 0.3) is 0 Å². The number of aliphatic hydroxyl groups excluding tert-OH is 9. The largest absolute Gasteiger partial charge is 0.471 e. The van der Waals surface area contributed by atoms with Crippen LogP contribution < -0.4 is 0 Å². The van der Waals surface area contributed by atoms with Gasteiger partial charge in [0.2, 0.25) is 12.6 Å². The number of hydrogen-bond acceptors (Lipinski definition) is 23. The van der Waals surface area contributed by atoms with Crippen LogP contribution in [-0.2, 0) is 66.5 Å². The molecular weight excluding hydrogens is 896 g/mol. The molecule has 2 saturated heterocycles. The van der Waals surface area contributed by atoms with Crippen molar-refractivity contribution in [1.82, 2.24) is 0 Å². The summed E-state index contributed by atoms with van der Waals surface area (Å²) < 4.78 is 55.1. The van der Waals surface area contributed by atoms with E-state index in [0.717, 1.165) is 26.7 Å². The lowest BCUT2D eigenvalue weighted by atomic mass is 9.81. The zero-order chi connectivity index (χ0) is 49.4. The molecule has 0 aromatic rings. The van der Waals surface area contributed by atoms with Crippen LogP contribution in [-0.4, -0.2) is 191 Å². The lowest BCUT2D eigenvalue weighted by molar-refractivity contribution is -0.339. The molecule has 1 aliphatic carbocycles. The molecule has 0 aromatic heterocycles. The third-order valence-corrected chi connectivity index (χ3v) is 13.3. The fraction of sp³-hybridized carbons (Fsp3) is 0.727. The van der Waals surface area contributed by atoms with Gasteiger partial charge in [-0.15, -0.1) is 6.58 Å². The van der Waals surface area contributed by atoms with Crippen LogP contribution in [0.4, 0.5) is 0 Å². The summed E-state index contributed by atoms with van der Waals surface area (Å²) in [5.41, 5.74) is 0.0976. The summed E-state index contributed by atoms with van der Waals surface area (Å²) in [6.07, 6.45) is -15.3. The lowest BCUT2D eigenvalue weighted by Crippen LogP contribution is -2.60. The monoisotopic (exact) mass is 960 g/mol. The summed E-state index contributed by atoms with van der Waals surface area (Å²) in [7, 11) is 2.27. The van der Waals surface area contributed by atoms with Crippen LogP contribution in [0.2, 0.25) is 0 Å². The van der Waals surface area contributed by atoms with E-state index in [2.05, 4.69) is 6.58 Å². The number of hydrogen-bond donors (Lipinski definition) is 9. The van der Waals surface area contributed by atoms with E-state index in [1.54, 1.807) is 20.8 Å². The Labute approximate surface area is 386 Å². The van der Waals surface area contributed by atoms with E-state index in [1.165, 1.54) is 12.2 Å². The highest BCUT2D eigenvalue weighted by molar-refractivity contribution is 5.91. The predicted octanol–water partition coefficient (Wildman–Crippen LogP) is -2.44. The summed E-state index contributed by atoms with van der Waals surface area (Å²) in [5, 5.41) is 92.2. The Morgan fingerprint density at radius 3 is 1.87 bits per heavy atom. The highest BCUT2D eigenvalue weighted by Crippen LogP contribution is 2.43. The van der Waals surface area contributed by atoms with Crippen LogP contribution in [0.5, 0.6) is 0 Å². The van der Waals surface area contributed by atoms with Gasteiger partial charge in [0, 0.05) is 29.2 Å². The van der Waals surface area contributed by atoms with Crippen molar-refractivity contribution in [3.8, 4) is 0 Å². The van der Waals surface area contributed by atoms with Gasteiger partial charge < -0.3 is 93.3 Å². The molecule has 23 nitrogen and oxygen atoms in total. The van der Waals surface area contributed by atoms with Crippen molar-refractivity contribution in [2.24, 2.45) is 41.4 Å². The number of carbonyl (C=O) groups is 4. The zero-order valence-corrected chi connectivity index (χ0v) is 37.8. The second-order valence-corrected chi connectivity index (χ2v) is 17.3. The predicted molar refractivity (Wildman–Crippen MR) is 221 cm³/mol. The number of methoxy groups -OCH3 is 2. The Morgan fingerprint density at radius 1 is 0.761 bits per heavy atom. The molecule has 1 saturated carbocycles. The van der Waals surface area contributed by atoms with Crippen LogP contribution in [0, 0.1) is 41.4 Å². The van der Waals surface area contributed by atoms with Crippen molar-refractivity contribution in [1.29, 1.82) is 0 Å². The molecule has 23 heteroatoms. The van der Waals surface area contributed by atoms with E-state index >= 15 is 0 Å². The average Bonchev–Trinajstić information content (AvgIpc) is 3.61. The van der Waals surface area contributed by atoms with Crippen LogP contribution >= 0.6 is 0 Å². The molecule has 2 unspecified atom stereocenters. The summed E-state index contributed by atoms with van der Waals surface area (Å²) >= 11 is 0. The minimum atomic E-state index is -1.77. The highest BCUT2D eigenvalue weighted by atomic mass is 16.8. The van der Waals surface area contributed by atoms with E-state index in [4.69, 9.17) is 47.4 Å². The lowest BCUT2D eigenvalue weighted by Gasteiger charge is -2.42. The maximum Gasteiger partial charge on any atom is 0.337 e. The Kier molecular flexibility index (Phi) is 19.3. The van der Waals surface area contributed by atoms with Crippen LogP contribution in [0.25, 0.3) is 0 Å². The topological polar surface area (TPSA) is 343 Å². The van der Waals surface area contributed by atoms with E-state index in [0.29, 0.717) is 0 Å². The van der Waals surface area contributed by atoms with Gasteiger partial charge in [0.05, 0.1) is 83.3 Å². The number of allylic oxidation sites excluding steroid dienone is 1. The fourth-order valence-corrected chi connectivity index (χ4v) is 9.19. The summed E-state index contributed by atoms with van der Waals surface area (Å²) in [6.45, 7) is 7.23. The van der Waals surface area contributed by atoms with Crippen molar-refractivity contribution in [3.63, 3.8) is 0 Å². The molecule has 0 aromatic carbocycles. The van der Waals surface area contributed by atoms with Gasteiger partial charge in [-0.3, -0.25) is 9.59 Å². The first kappa shape index (κ1) is 53.9. The van der Waals surface area contributed by atoms with Crippen molar-refractivity contribution in [3.05, 3.63) is 48.0 Å². The Hall–Kier alpha value is -4.08. The van der Waals surface area contributed by atoms with Gasteiger partial charge >= 0.3 is 23.9 Å². The number of ether oxygens (including phenoxy) is 10. The molecule has 4 heterocycles. The van der Waals surface area contributed by atoms with Crippen LogP contribution in [0.15, 0.2) is 48.0 Å². The minimum Gasteiger partial charge on any atom is -0.471 e. The second kappa shape index (κ2) is 24.0. The molecule has 9 N–H and O–H groups in total. The van der Waals surface area contributed by atoms with Gasteiger partial charge in [-0.1, -0.05) is 26.0 Å². The Bertz CT molecular complexity index is 1810. The normalized spacial score (nSPS) is 39.7. The van der Waals surface area contributed by atoms with Gasteiger partial charge in [-0.05, 0) is 31.1 Å². The summed E-state index contributed by atoms with van der Waals surface area (Å²) in [5.74, 6) is -7.66. The SMILES string of the molecule is C=CC1[C@H](O[C@@H]2O[C@H](CO)[C@@H](O)[C@H](O)[C@H]2O)OC=C(C(=O)OC)[C@H]1CC(=O)OCC(C)[C@@H]1C[C@@H](O)[C@H](C)[C@H]1COC(=O)C[C@@H]1C(C(=O)OC)=CO[C@@H](O[C@@H]2O[C@H](CO)[C@@H](O)[C@H](O)[C@H]2O)/C1=C\C. The van der Waals surface area contributed by atoms with Gasteiger partial charge in [-0.25, -0.2) is 9.59 Å². The third kappa shape index (κ3) is 12.0. The van der Waals surface area contributed by atoms with Crippen molar-refractivity contribution >= 4 is 23.9 Å². The molecule has 4 aliphatic heterocycles. The summed E-state index contributed by atoms with van der Waals surface area (Å²) in [6, 6.07) is 0. The molecule has 20 atom stereocenters. The molecule has 3 fully saturated rings. The summed E-state index contributed by atoms with van der Waals surface area (Å²) in [4.78, 5) is 52.8. The van der Waals surface area contributed by atoms with Crippen LogP contribution in [0.1, 0.15) is 40.0 Å². The molecule has 0 radical (unpaired) electrons. The number of rotatable bonds is 18. The minimum absolute atomic E-state index is 0.0611. The first-order chi connectivity index (χ1) is 31.8. The third-order valence-electron chi connectivity index (χ3n) is 13.3. The number of esters is 4. The maximum atomic E-state index is 13.6. The van der Waals surface area contributed by atoms with Gasteiger partial charge in [0.1, 0.15) is 48.8 Å². The van der Waals surface area contributed by atoms with Crippen LogP contribution in [0.3, 0.4) is 0 Å². The smallest absolute Gasteiger partial charge is 0.337 e. The fourth-order valence-electron chi connectivity index (χ4n) is 9.19. The molecule has 5 rings (SSSR count). The first-order valence-electron chi connectivity index (χ1n) is 21.9. The van der Waals surface area contributed by atoms with E-state index in [1.807, 2.05) is 0 Å². The molecule has 5 aliphatic rings. The molecular formula is C44H64O23. The standard InChI is InChI=1S/C44H64O23/c1-7-20-23(26(39(56)58-5)16-62-41(20)66-43-37(54)35(52)33(50)29(12-45)64-43)10-31(48)60-14-18(3)22-9-28(47)19(4)25(22)15-61-32(49)11-24-21(8-2)42(63-17-27(24)40(57)59-6)67-44-38(55)36(53)34(51)30(13-46)65-44/h7-8,16-20,22-25,28-30,33-38,41-47,50-55H,1,9-15H2,2-6H3/b21-8-/t18?,19-,20?,22+,23+,24+,25-,28-,29-,30-,33-,34-,35+,36+,37-,38-,41+,42+,43+,44+/m1/s1. The quantitative estimate of drug-likeness (QED) is 0.0392. The molecule has 0 amide bonds. The molecule has 0 bridgehead atoms. The second-order valence-electron chi connectivity index (χ2n) is 17.3. The van der Waals surface area contributed by atoms with Gasteiger partial charge in [-0.2, -0.15) is 0 Å². The maximum absolute atomic E-state index is 13.6. The molecule has 378 valence electrons. The molecule has 0 spiro atoms. The van der Waals surface area contributed by atoms with Gasteiger partial charge in [0.15, 0.2) is 12.6 Å². The zero-order valence-electron chi connectivity index (χ0n) is 37.8. The average molecular weight is 961 g/mol. The number of carbonyl (C=O) groups excluding carboxylic acids is 4. The Morgan fingerprint density at radius 2 is 1.31 bits per heavy atom. The van der Waals surface area contributed by atoms with E-state index in [-0.39, 0.29) is 48.2 Å². The number of aliphatic hydroxyl groups is 9.